The minimum atomic E-state index is -0.0272. The summed E-state index contributed by atoms with van der Waals surface area (Å²) in [7, 11) is 0. The Morgan fingerprint density at radius 2 is 2.11 bits per heavy atom. The summed E-state index contributed by atoms with van der Waals surface area (Å²) in [6, 6.07) is 7.97. The van der Waals surface area contributed by atoms with Gasteiger partial charge >= 0.3 is 0 Å². The second-order valence-corrected chi connectivity index (χ2v) is 5.63. The maximum Gasteiger partial charge on any atom is 0.134 e. The lowest BCUT2D eigenvalue weighted by Gasteiger charge is -1.97. The maximum atomic E-state index is 5.89. The van der Waals surface area contributed by atoms with Gasteiger partial charge in [-0.15, -0.1) is 11.3 Å². The molecule has 2 N–H and O–H groups in total. The summed E-state index contributed by atoms with van der Waals surface area (Å²) in [4.78, 5) is 5.81. The first kappa shape index (κ1) is 11.4. The topological polar surface area (TPSA) is 52.0 Å². The number of para-hydroxylation sites is 1. The van der Waals surface area contributed by atoms with Gasteiger partial charge in [0.1, 0.15) is 16.9 Å². The van der Waals surface area contributed by atoms with Crippen LogP contribution in [-0.4, -0.2) is 4.98 Å². The Bertz CT molecular complexity index is 697. The van der Waals surface area contributed by atoms with E-state index in [2.05, 4.69) is 18.0 Å². The molecule has 0 fully saturated rings. The molecule has 3 nitrogen and oxygen atoms in total. The predicted octanol–water partition coefficient (Wildman–Crippen LogP) is 3.88. The molecule has 0 aliphatic heterocycles. The van der Waals surface area contributed by atoms with Gasteiger partial charge in [-0.25, -0.2) is 4.98 Å². The fourth-order valence-corrected chi connectivity index (χ4v) is 2.91. The van der Waals surface area contributed by atoms with E-state index in [0.29, 0.717) is 0 Å². The molecule has 0 bridgehead atoms. The van der Waals surface area contributed by atoms with Gasteiger partial charge in [0.2, 0.25) is 0 Å². The number of rotatable bonds is 2. The van der Waals surface area contributed by atoms with Gasteiger partial charge in [-0.05, 0) is 19.9 Å². The molecule has 0 radical (unpaired) electrons. The number of fused-ring (bicyclic) bond motifs is 1. The van der Waals surface area contributed by atoms with Crippen LogP contribution in [0.3, 0.4) is 0 Å². The number of aryl methyl sites for hydroxylation is 1. The van der Waals surface area contributed by atoms with Crippen molar-refractivity contribution in [2.75, 3.05) is 0 Å². The van der Waals surface area contributed by atoms with E-state index in [1.807, 2.05) is 25.1 Å². The normalized spacial score (nSPS) is 13.1. The van der Waals surface area contributed by atoms with E-state index in [1.165, 1.54) is 4.88 Å². The number of nitrogens with zero attached hydrogens (tertiary/aromatic N) is 1. The van der Waals surface area contributed by atoms with Crippen LogP contribution in [0.15, 0.2) is 34.9 Å². The van der Waals surface area contributed by atoms with Crippen LogP contribution < -0.4 is 5.73 Å². The van der Waals surface area contributed by atoms with E-state index < -0.39 is 0 Å². The lowest BCUT2D eigenvalue weighted by atomic mass is 10.1. The van der Waals surface area contributed by atoms with Crippen molar-refractivity contribution in [1.82, 2.24) is 4.98 Å². The molecule has 3 aromatic rings. The van der Waals surface area contributed by atoms with Crippen molar-refractivity contribution in [3.8, 4) is 11.3 Å². The van der Waals surface area contributed by atoms with Crippen molar-refractivity contribution >= 4 is 22.3 Å². The highest BCUT2D eigenvalue weighted by Gasteiger charge is 2.16. The predicted molar refractivity (Wildman–Crippen MR) is 74.7 cm³/mol. The summed E-state index contributed by atoms with van der Waals surface area (Å²) in [5.74, 6) is 0. The average molecular weight is 258 g/mol. The smallest absolute Gasteiger partial charge is 0.134 e. The van der Waals surface area contributed by atoms with E-state index in [1.54, 1.807) is 17.6 Å². The molecule has 0 saturated carbocycles. The van der Waals surface area contributed by atoms with Crippen LogP contribution in [0.5, 0.6) is 0 Å². The zero-order chi connectivity index (χ0) is 12.7. The summed E-state index contributed by atoms with van der Waals surface area (Å²) in [6.45, 7) is 4.02. The number of benzene rings is 1. The van der Waals surface area contributed by atoms with Crippen molar-refractivity contribution in [1.29, 1.82) is 0 Å². The Hall–Kier alpha value is -1.65. The van der Waals surface area contributed by atoms with Crippen molar-refractivity contribution in [2.45, 2.75) is 19.9 Å². The molecule has 0 aliphatic rings. The molecule has 92 valence electrons. The molecule has 0 amide bonds. The molecular weight excluding hydrogens is 244 g/mol. The van der Waals surface area contributed by atoms with Gasteiger partial charge in [0.25, 0.3) is 0 Å². The van der Waals surface area contributed by atoms with Gasteiger partial charge in [0.15, 0.2) is 0 Å². The van der Waals surface area contributed by atoms with Crippen LogP contribution in [0.2, 0.25) is 0 Å². The zero-order valence-corrected chi connectivity index (χ0v) is 11.1. The highest BCUT2D eigenvalue weighted by atomic mass is 32.1. The van der Waals surface area contributed by atoms with E-state index in [-0.39, 0.29) is 6.04 Å². The minimum absolute atomic E-state index is 0.0272. The fourth-order valence-electron chi connectivity index (χ4n) is 2.02. The summed E-state index contributed by atoms with van der Waals surface area (Å²) >= 11 is 1.65. The second kappa shape index (κ2) is 4.23. The average Bonchev–Trinajstić information content (AvgIpc) is 2.92. The van der Waals surface area contributed by atoms with Gasteiger partial charge in [-0.3, -0.25) is 0 Å². The van der Waals surface area contributed by atoms with Gasteiger partial charge in [0, 0.05) is 15.8 Å². The molecule has 0 saturated heterocycles. The highest BCUT2D eigenvalue weighted by molar-refractivity contribution is 7.12. The molecule has 0 spiro atoms. The quantitative estimate of drug-likeness (QED) is 0.758. The summed E-state index contributed by atoms with van der Waals surface area (Å²) in [5.41, 5.74) is 8.81. The van der Waals surface area contributed by atoms with Crippen molar-refractivity contribution in [3.05, 3.63) is 40.4 Å². The number of nitrogens with two attached hydrogens (primary N) is 1. The fraction of sp³-hybridized carbons (Fsp3) is 0.214. The van der Waals surface area contributed by atoms with E-state index in [9.17, 15) is 0 Å². The number of aromatic nitrogens is 1. The lowest BCUT2D eigenvalue weighted by molar-refractivity contribution is 0.616. The lowest BCUT2D eigenvalue weighted by Crippen LogP contribution is -2.03. The Morgan fingerprint density at radius 3 is 2.83 bits per heavy atom. The van der Waals surface area contributed by atoms with Crippen LogP contribution >= 0.6 is 11.3 Å². The van der Waals surface area contributed by atoms with E-state index in [0.717, 1.165) is 27.2 Å². The molecule has 2 heterocycles. The largest absolute Gasteiger partial charge is 0.464 e. The van der Waals surface area contributed by atoms with Crippen LogP contribution in [-0.2, 0) is 0 Å². The Kier molecular flexibility index (Phi) is 2.69. The van der Waals surface area contributed by atoms with Crippen LogP contribution in [0.25, 0.3) is 22.2 Å². The third-order valence-corrected chi connectivity index (χ3v) is 4.11. The Labute approximate surface area is 109 Å². The monoisotopic (exact) mass is 258 g/mol. The summed E-state index contributed by atoms with van der Waals surface area (Å²) < 4.78 is 5.56. The van der Waals surface area contributed by atoms with Crippen LogP contribution in [0, 0.1) is 6.92 Å². The zero-order valence-electron chi connectivity index (χ0n) is 10.3. The van der Waals surface area contributed by atoms with Crippen LogP contribution in [0.1, 0.15) is 22.9 Å². The van der Waals surface area contributed by atoms with Crippen LogP contribution in [0.4, 0.5) is 0 Å². The van der Waals surface area contributed by atoms with Crippen molar-refractivity contribution in [3.63, 3.8) is 0 Å². The van der Waals surface area contributed by atoms with E-state index >= 15 is 0 Å². The first-order valence-electron chi connectivity index (χ1n) is 5.86. The molecule has 18 heavy (non-hydrogen) atoms. The van der Waals surface area contributed by atoms with E-state index in [4.69, 9.17) is 10.2 Å². The standard InChI is InChI=1S/C14H14N2OS/c1-8(15)14-16-13(9(2)18-14)11-7-17-12-6-4-3-5-10(11)12/h3-8H,15H2,1-2H3. The summed E-state index contributed by atoms with van der Waals surface area (Å²) in [6.07, 6.45) is 1.78. The number of hydrogen-bond donors (Lipinski definition) is 1. The van der Waals surface area contributed by atoms with Gasteiger partial charge < -0.3 is 10.2 Å². The van der Waals surface area contributed by atoms with Crippen molar-refractivity contribution in [2.24, 2.45) is 5.73 Å². The number of hydrogen-bond acceptors (Lipinski definition) is 4. The molecule has 0 aliphatic carbocycles. The molecule has 3 rings (SSSR count). The highest BCUT2D eigenvalue weighted by Crippen LogP contribution is 2.35. The minimum Gasteiger partial charge on any atom is -0.464 e. The van der Waals surface area contributed by atoms with Crippen molar-refractivity contribution < 1.29 is 4.42 Å². The molecule has 1 unspecified atom stereocenters. The maximum absolute atomic E-state index is 5.89. The number of furan rings is 1. The molecular formula is C14H14N2OS. The Morgan fingerprint density at radius 1 is 1.33 bits per heavy atom. The first-order valence-corrected chi connectivity index (χ1v) is 6.68. The molecule has 1 aromatic carbocycles. The second-order valence-electron chi connectivity index (χ2n) is 4.39. The Balaban J connectivity index is 2.20. The van der Waals surface area contributed by atoms with Gasteiger partial charge in [-0.2, -0.15) is 0 Å². The third-order valence-electron chi connectivity index (χ3n) is 2.94. The SMILES string of the molecule is Cc1sc(C(C)N)nc1-c1coc2ccccc12. The number of thiazole rings is 1. The van der Waals surface area contributed by atoms with Gasteiger partial charge in [-0.1, -0.05) is 18.2 Å². The molecule has 4 heteroatoms. The first-order chi connectivity index (χ1) is 8.66. The molecule has 1 atom stereocenters. The van der Waals surface area contributed by atoms with Gasteiger partial charge in [0.05, 0.1) is 11.7 Å². The third kappa shape index (κ3) is 1.74. The summed E-state index contributed by atoms with van der Waals surface area (Å²) in [5, 5.41) is 2.06. The molecule has 2 aromatic heterocycles.